The fourth-order valence-electron chi connectivity index (χ4n) is 2.17. The van der Waals surface area contributed by atoms with Gasteiger partial charge in [-0.15, -0.1) is 11.3 Å². The highest BCUT2D eigenvalue weighted by molar-refractivity contribution is 9.11. The second-order valence-corrected chi connectivity index (χ2v) is 8.25. The molecule has 0 saturated heterocycles. The van der Waals surface area contributed by atoms with E-state index in [0.717, 1.165) is 20.5 Å². The lowest BCUT2D eigenvalue weighted by molar-refractivity contribution is 0.763. The van der Waals surface area contributed by atoms with Gasteiger partial charge in [-0.2, -0.15) is 0 Å². The van der Waals surface area contributed by atoms with Crippen molar-refractivity contribution in [3.05, 3.63) is 72.4 Å². The van der Waals surface area contributed by atoms with Crippen LogP contribution in [0, 0.1) is 6.92 Å². The molecule has 0 amide bonds. The standard InChI is InChI=1S/C18H11BrCl2FNS/c1-10-4-2-3-5-11(10)9-15(22)18-23-16(17(19)24-18)12-6-7-13(20)14(21)8-12/h2-9H,1H3. The normalized spacial score (nSPS) is 11.8. The number of hydrogen-bond acceptors (Lipinski definition) is 2. The highest BCUT2D eigenvalue weighted by Crippen LogP contribution is 2.38. The minimum atomic E-state index is -0.374. The summed E-state index contributed by atoms with van der Waals surface area (Å²) in [5.74, 6) is -0.374. The number of rotatable bonds is 3. The maximum atomic E-state index is 14.6. The summed E-state index contributed by atoms with van der Waals surface area (Å²) in [5.41, 5.74) is 3.26. The van der Waals surface area contributed by atoms with Crippen molar-refractivity contribution in [1.82, 2.24) is 4.98 Å². The van der Waals surface area contributed by atoms with E-state index in [0.29, 0.717) is 20.7 Å². The second kappa shape index (κ2) is 7.36. The van der Waals surface area contributed by atoms with Gasteiger partial charge in [0.05, 0.1) is 19.5 Å². The van der Waals surface area contributed by atoms with E-state index in [1.807, 2.05) is 31.2 Å². The van der Waals surface area contributed by atoms with Crippen LogP contribution in [-0.4, -0.2) is 4.98 Å². The van der Waals surface area contributed by atoms with E-state index in [1.165, 1.54) is 17.4 Å². The van der Waals surface area contributed by atoms with E-state index < -0.39 is 0 Å². The lowest BCUT2D eigenvalue weighted by Crippen LogP contribution is -1.83. The number of nitrogens with zero attached hydrogens (tertiary/aromatic N) is 1. The molecule has 6 heteroatoms. The summed E-state index contributed by atoms with van der Waals surface area (Å²) >= 11 is 16.7. The van der Waals surface area contributed by atoms with Crippen molar-refractivity contribution in [2.45, 2.75) is 6.92 Å². The van der Waals surface area contributed by atoms with Gasteiger partial charge in [-0.1, -0.05) is 53.5 Å². The van der Waals surface area contributed by atoms with E-state index in [2.05, 4.69) is 20.9 Å². The largest absolute Gasteiger partial charge is 0.232 e. The van der Waals surface area contributed by atoms with Crippen LogP contribution in [0.1, 0.15) is 16.1 Å². The van der Waals surface area contributed by atoms with Crippen LogP contribution in [0.5, 0.6) is 0 Å². The highest BCUT2D eigenvalue weighted by atomic mass is 79.9. The van der Waals surface area contributed by atoms with E-state index in [-0.39, 0.29) is 5.83 Å². The van der Waals surface area contributed by atoms with Crippen LogP contribution in [0.2, 0.25) is 10.0 Å². The molecular formula is C18H11BrCl2FNS. The van der Waals surface area contributed by atoms with Crippen LogP contribution in [0.4, 0.5) is 4.39 Å². The Bertz CT molecular complexity index is 937. The summed E-state index contributed by atoms with van der Waals surface area (Å²) in [6, 6.07) is 12.8. The van der Waals surface area contributed by atoms with Crippen molar-refractivity contribution in [1.29, 1.82) is 0 Å². The molecule has 1 nitrogen and oxygen atoms in total. The Morgan fingerprint density at radius 3 is 2.62 bits per heavy atom. The molecule has 0 fully saturated rings. The Labute approximate surface area is 161 Å². The SMILES string of the molecule is Cc1ccccc1C=C(F)c1nc(-c2ccc(Cl)c(Cl)c2)c(Br)s1. The van der Waals surface area contributed by atoms with Crippen molar-refractivity contribution in [3.8, 4) is 11.3 Å². The molecule has 3 rings (SSSR count). The van der Waals surface area contributed by atoms with Gasteiger partial charge in [-0.3, -0.25) is 0 Å². The monoisotopic (exact) mass is 441 g/mol. The summed E-state index contributed by atoms with van der Waals surface area (Å²) in [5, 5.41) is 1.22. The number of halogens is 4. The van der Waals surface area contributed by atoms with Crippen LogP contribution in [0.15, 0.2) is 46.3 Å². The van der Waals surface area contributed by atoms with Gasteiger partial charge in [0.1, 0.15) is 0 Å². The van der Waals surface area contributed by atoms with Crippen molar-refractivity contribution in [2.75, 3.05) is 0 Å². The summed E-state index contributed by atoms with van der Waals surface area (Å²) in [4.78, 5) is 4.40. The highest BCUT2D eigenvalue weighted by Gasteiger charge is 2.15. The number of benzene rings is 2. The fourth-order valence-corrected chi connectivity index (χ4v) is 3.97. The van der Waals surface area contributed by atoms with Crippen molar-refractivity contribution < 1.29 is 4.39 Å². The smallest absolute Gasteiger partial charge is 0.159 e. The Morgan fingerprint density at radius 2 is 1.92 bits per heavy atom. The molecular weight excluding hydrogens is 432 g/mol. The Balaban J connectivity index is 1.99. The van der Waals surface area contributed by atoms with Gasteiger partial charge in [-0.05, 0) is 52.2 Å². The van der Waals surface area contributed by atoms with E-state index in [9.17, 15) is 4.39 Å². The molecule has 0 N–H and O–H groups in total. The molecule has 24 heavy (non-hydrogen) atoms. The number of aromatic nitrogens is 1. The van der Waals surface area contributed by atoms with Gasteiger partial charge in [0.15, 0.2) is 10.8 Å². The summed E-state index contributed by atoms with van der Waals surface area (Å²) in [7, 11) is 0. The molecule has 0 aliphatic rings. The first-order valence-electron chi connectivity index (χ1n) is 7.00. The lowest BCUT2D eigenvalue weighted by atomic mass is 10.1. The van der Waals surface area contributed by atoms with Crippen LogP contribution in [0.3, 0.4) is 0 Å². The number of hydrogen-bond donors (Lipinski definition) is 0. The Kier molecular flexibility index (Phi) is 5.40. The summed E-state index contributed by atoms with van der Waals surface area (Å²) in [6.07, 6.45) is 1.50. The average Bonchev–Trinajstić information content (AvgIpc) is 2.94. The van der Waals surface area contributed by atoms with Crippen LogP contribution in [-0.2, 0) is 0 Å². The minimum absolute atomic E-state index is 0.311. The summed E-state index contributed by atoms with van der Waals surface area (Å²) in [6.45, 7) is 1.94. The molecule has 0 unspecified atom stereocenters. The fraction of sp³-hybridized carbons (Fsp3) is 0.0556. The number of thiazole rings is 1. The third kappa shape index (κ3) is 3.72. The van der Waals surface area contributed by atoms with Crippen molar-refractivity contribution in [2.24, 2.45) is 0 Å². The minimum Gasteiger partial charge on any atom is -0.232 e. The molecule has 0 spiro atoms. The van der Waals surface area contributed by atoms with Crippen LogP contribution < -0.4 is 0 Å². The molecule has 3 aromatic rings. The Hall–Kier alpha value is -1.20. The van der Waals surface area contributed by atoms with Crippen molar-refractivity contribution in [3.63, 3.8) is 0 Å². The quantitative estimate of drug-likeness (QED) is 0.405. The van der Waals surface area contributed by atoms with E-state index in [1.54, 1.807) is 18.2 Å². The Morgan fingerprint density at radius 1 is 1.17 bits per heavy atom. The first kappa shape index (κ1) is 17.6. The zero-order valence-corrected chi connectivity index (χ0v) is 16.4. The van der Waals surface area contributed by atoms with Crippen LogP contribution in [0.25, 0.3) is 23.2 Å². The summed E-state index contributed by atoms with van der Waals surface area (Å²) < 4.78 is 15.3. The van der Waals surface area contributed by atoms with Gasteiger partial charge in [0.25, 0.3) is 0 Å². The third-order valence-electron chi connectivity index (χ3n) is 3.45. The molecule has 0 radical (unpaired) electrons. The zero-order valence-electron chi connectivity index (χ0n) is 12.5. The predicted molar refractivity (Wildman–Crippen MR) is 105 cm³/mol. The first-order valence-corrected chi connectivity index (χ1v) is 9.37. The topological polar surface area (TPSA) is 12.9 Å². The molecule has 2 aromatic carbocycles. The molecule has 1 heterocycles. The molecule has 0 aliphatic carbocycles. The lowest BCUT2D eigenvalue weighted by Gasteiger charge is -2.01. The molecule has 0 atom stereocenters. The van der Waals surface area contributed by atoms with Crippen LogP contribution >= 0.6 is 50.5 Å². The van der Waals surface area contributed by atoms with Gasteiger partial charge in [-0.25, -0.2) is 9.37 Å². The van der Waals surface area contributed by atoms with Gasteiger partial charge in [0, 0.05) is 5.56 Å². The maximum absolute atomic E-state index is 14.6. The van der Waals surface area contributed by atoms with Gasteiger partial charge >= 0.3 is 0 Å². The predicted octanol–water partition coefficient (Wildman–Crippen LogP) is 7.66. The van der Waals surface area contributed by atoms with E-state index in [4.69, 9.17) is 23.2 Å². The zero-order chi connectivity index (χ0) is 17.3. The van der Waals surface area contributed by atoms with Gasteiger partial charge < -0.3 is 0 Å². The maximum Gasteiger partial charge on any atom is 0.159 e. The van der Waals surface area contributed by atoms with Gasteiger partial charge in [0.2, 0.25) is 0 Å². The first-order chi connectivity index (χ1) is 11.5. The second-order valence-electron chi connectivity index (χ2n) is 5.12. The molecule has 0 saturated carbocycles. The van der Waals surface area contributed by atoms with Crippen molar-refractivity contribution >= 4 is 62.4 Å². The average molecular weight is 443 g/mol. The molecule has 0 aliphatic heterocycles. The molecule has 0 bridgehead atoms. The molecule has 122 valence electrons. The third-order valence-corrected chi connectivity index (χ3v) is 5.91. The molecule has 1 aromatic heterocycles. The van der Waals surface area contributed by atoms with E-state index >= 15 is 0 Å². The number of aryl methyl sites for hydroxylation is 1.